The number of rotatable bonds is 9. The van der Waals surface area contributed by atoms with E-state index in [9.17, 15) is 9.59 Å². The van der Waals surface area contributed by atoms with Crippen molar-refractivity contribution in [3.05, 3.63) is 35.9 Å². The molecular formula is C15H21NO3S. The molecule has 0 fully saturated rings. The minimum Gasteiger partial charge on any atom is -0.481 e. The van der Waals surface area contributed by atoms with Crippen molar-refractivity contribution in [2.75, 3.05) is 25.1 Å². The van der Waals surface area contributed by atoms with Crippen LogP contribution >= 0.6 is 11.8 Å². The van der Waals surface area contributed by atoms with Gasteiger partial charge >= 0.3 is 5.97 Å². The van der Waals surface area contributed by atoms with Crippen molar-refractivity contribution in [1.82, 2.24) is 4.90 Å². The Morgan fingerprint density at radius 3 is 2.50 bits per heavy atom. The fourth-order valence-corrected chi connectivity index (χ4v) is 2.46. The van der Waals surface area contributed by atoms with E-state index in [-0.39, 0.29) is 17.4 Å². The van der Waals surface area contributed by atoms with Gasteiger partial charge in [-0.1, -0.05) is 30.3 Å². The van der Waals surface area contributed by atoms with Crippen LogP contribution in [0.5, 0.6) is 0 Å². The maximum Gasteiger partial charge on any atom is 0.313 e. The zero-order chi connectivity index (χ0) is 14.8. The summed E-state index contributed by atoms with van der Waals surface area (Å²) in [6.07, 6.45) is 3.03. The minimum absolute atomic E-state index is 0.00374. The highest BCUT2D eigenvalue weighted by Gasteiger charge is 2.09. The molecule has 1 amide bonds. The second-order valence-corrected chi connectivity index (χ2v) is 5.63. The van der Waals surface area contributed by atoms with E-state index in [1.54, 1.807) is 11.9 Å². The minimum atomic E-state index is -0.881. The summed E-state index contributed by atoms with van der Waals surface area (Å²) in [5.74, 6) is -0.668. The number of unbranched alkanes of at least 4 members (excludes halogenated alkanes) is 1. The van der Waals surface area contributed by atoms with E-state index < -0.39 is 5.97 Å². The molecule has 0 aliphatic rings. The van der Waals surface area contributed by atoms with E-state index in [0.717, 1.165) is 37.6 Å². The van der Waals surface area contributed by atoms with E-state index >= 15 is 0 Å². The van der Waals surface area contributed by atoms with Gasteiger partial charge in [-0.25, -0.2) is 0 Å². The van der Waals surface area contributed by atoms with Gasteiger partial charge in [0.15, 0.2) is 0 Å². The summed E-state index contributed by atoms with van der Waals surface area (Å²) in [5.41, 5.74) is 1.32. The standard InChI is InChI=1S/C15H21NO3S/c1-16(14(17)11-20-12-15(18)19)10-6-5-9-13-7-3-2-4-8-13/h2-4,7-8H,5-6,9-12H2,1H3,(H,18,19). The molecule has 0 unspecified atom stereocenters. The molecule has 1 aromatic carbocycles. The van der Waals surface area contributed by atoms with Crippen molar-refractivity contribution < 1.29 is 14.7 Å². The van der Waals surface area contributed by atoms with Crippen LogP contribution < -0.4 is 0 Å². The highest BCUT2D eigenvalue weighted by Crippen LogP contribution is 2.06. The van der Waals surface area contributed by atoms with Gasteiger partial charge in [-0.05, 0) is 24.8 Å². The molecule has 0 radical (unpaired) electrons. The van der Waals surface area contributed by atoms with Crippen LogP contribution in [0, 0.1) is 0 Å². The lowest BCUT2D eigenvalue weighted by Gasteiger charge is -2.16. The van der Waals surface area contributed by atoms with E-state index in [4.69, 9.17) is 5.11 Å². The van der Waals surface area contributed by atoms with Crippen molar-refractivity contribution in [1.29, 1.82) is 0 Å². The van der Waals surface area contributed by atoms with Gasteiger partial charge in [-0.3, -0.25) is 9.59 Å². The Morgan fingerprint density at radius 1 is 1.15 bits per heavy atom. The van der Waals surface area contributed by atoms with Crippen LogP contribution in [0.2, 0.25) is 0 Å². The molecule has 1 rings (SSSR count). The molecule has 0 aromatic heterocycles. The summed E-state index contributed by atoms with van der Waals surface area (Å²) in [6.45, 7) is 0.722. The lowest BCUT2D eigenvalue weighted by atomic mass is 10.1. The maximum absolute atomic E-state index is 11.7. The van der Waals surface area contributed by atoms with E-state index in [2.05, 4.69) is 12.1 Å². The maximum atomic E-state index is 11.7. The van der Waals surface area contributed by atoms with E-state index in [1.165, 1.54) is 5.56 Å². The Kier molecular flexibility index (Phi) is 7.80. The van der Waals surface area contributed by atoms with Crippen LogP contribution in [0.4, 0.5) is 0 Å². The summed E-state index contributed by atoms with van der Waals surface area (Å²) >= 11 is 1.14. The largest absolute Gasteiger partial charge is 0.481 e. The first-order valence-electron chi connectivity index (χ1n) is 6.67. The Balaban J connectivity index is 2.11. The molecular weight excluding hydrogens is 274 g/mol. The molecule has 0 heterocycles. The first-order valence-corrected chi connectivity index (χ1v) is 7.82. The van der Waals surface area contributed by atoms with Crippen molar-refractivity contribution in [2.45, 2.75) is 19.3 Å². The molecule has 1 N–H and O–H groups in total. The molecule has 0 spiro atoms. The topological polar surface area (TPSA) is 57.6 Å². The van der Waals surface area contributed by atoms with Crippen LogP contribution in [-0.4, -0.2) is 47.0 Å². The predicted octanol–water partition coefficient (Wildman–Crippen LogP) is 2.29. The van der Waals surface area contributed by atoms with Crippen molar-refractivity contribution in [2.24, 2.45) is 0 Å². The Bertz CT molecular complexity index is 422. The number of aryl methyl sites for hydroxylation is 1. The molecule has 20 heavy (non-hydrogen) atoms. The average molecular weight is 295 g/mol. The number of amides is 1. The van der Waals surface area contributed by atoms with Gasteiger partial charge < -0.3 is 10.0 Å². The third-order valence-electron chi connectivity index (χ3n) is 2.93. The van der Waals surface area contributed by atoms with Gasteiger partial charge in [0.25, 0.3) is 0 Å². The predicted molar refractivity (Wildman–Crippen MR) is 82.0 cm³/mol. The molecule has 4 nitrogen and oxygen atoms in total. The monoisotopic (exact) mass is 295 g/mol. The van der Waals surface area contributed by atoms with Crippen LogP contribution in [0.3, 0.4) is 0 Å². The fraction of sp³-hybridized carbons (Fsp3) is 0.467. The normalized spacial score (nSPS) is 10.2. The summed E-state index contributed by atoms with van der Waals surface area (Å²) in [5, 5.41) is 8.50. The van der Waals surface area contributed by atoms with Crippen molar-refractivity contribution in [3.63, 3.8) is 0 Å². The van der Waals surface area contributed by atoms with Crippen LogP contribution in [0.25, 0.3) is 0 Å². The second kappa shape index (κ2) is 9.42. The molecule has 110 valence electrons. The number of nitrogens with zero attached hydrogens (tertiary/aromatic N) is 1. The molecule has 0 saturated carbocycles. The number of thioether (sulfide) groups is 1. The van der Waals surface area contributed by atoms with Gasteiger partial charge in [0, 0.05) is 13.6 Å². The number of hydrogen-bond acceptors (Lipinski definition) is 3. The zero-order valence-corrected chi connectivity index (χ0v) is 12.6. The van der Waals surface area contributed by atoms with Gasteiger partial charge in [0.1, 0.15) is 0 Å². The zero-order valence-electron chi connectivity index (χ0n) is 11.7. The van der Waals surface area contributed by atoms with Gasteiger partial charge in [-0.15, -0.1) is 11.8 Å². The number of carboxylic acids is 1. The van der Waals surface area contributed by atoms with Crippen molar-refractivity contribution >= 4 is 23.6 Å². The number of benzene rings is 1. The first-order chi connectivity index (χ1) is 9.59. The Labute approximate surface area is 124 Å². The lowest BCUT2D eigenvalue weighted by Crippen LogP contribution is -2.29. The smallest absolute Gasteiger partial charge is 0.313 e. The highest BCUT2D eigenvalue weighted by atomic mass is 32.2. The number of aliphatic carboxylic acids is 1. The van der Waals surface area contributed by atoms with Crippen molar-refractivity contribution in [3.8, 4) is 0 Å². The quantitative estimate of drug-likeness (QED) is 0.710. The Hall–Kier alpha value is -1.49. The molecule has 0 aliphatic heterocycles. The van der Waals surface area contributed by atoms with Crippen LogP contribution in [0.15, 0.2) is 30.3 Å². The number of carbonyl (C=O) groups is 2. The van der Waals surface area contributed by atoms with Crippen LogP contribution in [0.1, 0.15) is 18.4 Å². The van der Waals surface area contributed by atoms with Gasteiger partial charge in [-0.2, -0.15) is 0 Å². The number of hydrogen-bond donors (Lipinski definition) is 1. The lowest BCUT2D eigenvalue weighted by molar-refractivity contribution is -0.133. The van der Waals surface area contributed by atoms with E-state index in [1.807, 2.05) is 18.2 Å². The summed E-state index contributed by atoms with van der Waals surface area (Å²) < 4.78 is 0. The molecule has 1 aromatic rings. The molecule has 0 aliphatic carbocycles. The number of carboxylic acid groups (broad SMARTS) is 1. The average Bonchev–Trinajstić information content (AvgIpc) is 2.44. The SMILES string of the molecule is CN(CCCCc1ccccc1)C(=O)CSCC(=O)O. The van der Waals surface area contributed by atoms with E-state index in [0.29, 0.717) is 0 Å². The third-order valence-corrected chi connectivity index (χ3v) is 3.83. The second-order valence-electron chi connectivity index (χ2n) is 4.64. The van der Waals surface area contributed by atoms with Gasteiger partial charge in [0.05, 0.1) is 11.5 Å². The summed E-state index contributed by atoms with van der Waals surface area (Å²) in [6, 6.07) is 10.3. The Morgan fingerprint density at radius 2 is 1.85 bits per heavy atom. The fourth-order valence-electron chi connectivity index (χ4n) is 1.78. The highest BCUT2D eigenvalue weighted by molar-refractivity contribution is 8.00. The molecule has 0 atom stereocenters. The summed E-state index contributed by atoms with van der Waals surface area (Å²) in [4.78, 5) is 23.7. The number of carbonyl (C=O) groups excluding carboxylic acids is 1. The summed E-state index contributed by atoms with van der Waals surface area (Å²) in [7, 11) is 1.77. The molecule has 5 heteroatoms. The molecule has 0 saturated heterocycles. The van der Waals surface area contributed by atoms with Gasteiger partial charge in [0.2, 0.25) is 5.91 Å². The molecule has 0 bridgehead atoms. The third kappa shape index (κ3) is 7.19. The van der Waals surface area contributed by atoms with Crippen LogP contribution in [-0.2, 0) is 16.0 Å². The first kappa shape index (κ1) is 16.6.